The smallest absolute Gasteiger partial charge is 0.275 e. The van der Waals surface area contributed by atoms with Gasteiger partial charge in [-0.2, -0.15) is 0 Å². The minimum Gasteiger partial charge on any atom is -0.396 e. The van der Waals surface area contributed by atoms with Crippen molar-refractivity contribution >= 4 is 57.2 Å². The van der Waals surface area contributed by atoms with Crippen LogP contribution in [0.4, 0.5) is 5.69 Å². The lowest BCUT2D eigenvalue weighted by atomic mass is 10.0. The second kappa shape index (κ2) is 7.91. The van der Waals surface area contributed by atoms with E-state index in [9.17, 15) is 14.7 Å². The van der Waals surface area contributed by atoms with Gasteiger partial charge in [-0.05, 0) is 30.7 Å². The molecule has 0 spiro atoms. The summed E-state index contributed by atoms with van der Waals surface area (Å²) in [5, 5.41) is 16.1. The Morgan fingerprint density at radius 3 is 2.59 bits per heavy atom. The Labute approximate surface area is 176 Å². The van der Waals surface area contributed by atoms with E-state index < -0.39 is 11.8 Å². The third-order valence-electron chi connectivity index (χ3n) is 4.74. The molecule has 1 aliphatic rings. The Bertz CT molecular complexity index is 1170. The maximum Gasteiger partial charge on any atom is 0.275 e. The Balaban J connectivity index is 1.85. The van der Waals surface area contributed by atoms with Crippen LogP contribution in [0, 0.1) is 0 Å². The number of rotatable bonds is 6. The molecule has 2 heterocycles. The molecule has 2 amide bonds. The second-order valence-corrected chi connectivity index (χ2v) is 7.43. The van der Waals surface area contributed by atoms with Gasteiger partial charge in [-0.1, -0.05) is 41.4 Å². The van der Waals surface area contributed by atoms with Crippen LogP contribution in [0.3, 0.4) is 0 Å². The van der Waals surface area contributed by atoms with E-state index >= 15 is 0 Å². The van der Waals surface area contributed by atoms with Crippen LogP contribution in [-0.4, -0.2) is 28.1 Å². The zero-order valence-corrected chi connectivity index (χ0v) is 16.7. The largest absolute Gasteiger partial charge is 0.396 e. The third-order valence-corrected chi connectivity index (χ3v) is 5.47. The number of carbonyl (C=O) groups excluding carboxylic acids is 2. The average molecular weight is 430 g/mol. The lowest BCUT2D eigenvalue weighted by Crippen LogP contribution is -2.24. The van der Waals surface area contributed by atoms with Gasteiger partial charge in [-0.25, -0.2) is 0 Å². The SMILES string of the molecule is O=C1NC(=O)C(c2cn(CCCO)c3ccccc23)=C1Nc1ccc(Cl)c(Cl)c1. The van der Waals surface area contributed by atoms with Crippen LogP contribution in [0.1, 0.15) is 12.0 Å². The lowest BCUT2D eigenvalue weighted by Gasteiger charge is -2.08. The molecule has 8 heteroatoms. The maximum absolute atomic E-state index is 12.6. The fourth-order valence-electron chi connectivity index (χ4n) is 3.42. The average Bonchev–Trinajstić information content (AvgIpc) is 3.20. The van der Waals surface area contributed by atoms with Crippen molar-refractivity contribution in [3.05, 3.63) is 70.0 Å². The summed E-state index contributed by atoms with van der Waals surface area (Å²) < 4.78 is 1.97. The molecule has 3 aromatic rings. The number of amides is 2. The number of hydrogen-bond donors (Lipinski definition) is 3. The van der Waals surface area contributed by atoms with Gasteiger partial charge >= 0.3 is 0 Å². The molecule has 1 aliphatic heterocycles. The van der Waals surface area contributed by atoms with Gasteiger partial charge in [0, 0.05) is 41.5 Å². The summed E-state index contributed by atoms with van der Waals surface area (Å²) in [6.07, 6.45) is 2.42. The van der Waals surface area contributed by atoms with Crippen molar-refractivity contribution in [2.45, 2.75) is 13.0 Å². The molecule has 0 fully saturated rings. The number of aliphatic hydroxyl groups excluding tert-OH is 1. The van der Waals surface area contributed by atoms with Crippen LogP contribution in [0.5, 0.6) is 0 Å². The Morgan fingerprint density at radius 1 is 1.03 bits per heavy atom. The van der Waals surface area contributed by atoms with Crippen molar-refractivity contribution in [2.24, 2.45) is 0 Å². The van der Waals surface area contributed by atoms with Gasteiger partial charge in [0.05, 0.1) is 15.6 Å². The van der Waals surface area contributed by atoms with Crippen molar-refractivity contribution in [2.75, 3.05) is 11.9 Å². The summed E-state index contributed by atoms with van der Waals surface area (Å²) >= 11 is 12.0. The number of aliphatic hydroxyl groups is 1. The molecular formula is C21H17Cl2N3O3. The van der Waals surface area contributed by atoms with Gasteiger partial charge in [0.2, 0.25) is 0 Å². The van der Waals surface area contributed by atoms with Crippen LogP contribution in [0.25, 0.3) is 16.5 Å². The first-order valence-corrected chi connectivity index (χ1v) is 9.76. The zero-order chi connectivity index (χ0) is 20.5. The number of aromatic nitrogens is 1. The van der Waals surface area contributed by atoms with E-state index in [0.29, 0.717) is 34.3 Å². The number of nitrogens with one attached hydrogen (secondary N) is 2. The van der Waals surface area contributed by atoms with Crippen molar-refractivity contribution in [3.8, 4) is 0 Å². The highest BCUT2D eigenvalue weighted by molar-refractivity contribution is 6.42. The summed E-state index contributed by atoms with van der Waals surface area (Å²) in [7, 11) is 0. The number of para-hydroxylation sites is 1. The lowest BCUT2D eigenvalue weighted by molar-refractivity contribution is -0.123. The van der Waals surface area contributed by atoms with E-state index in [1.807, 2.05) is 35.0 Å². The fourth-order valence-corrected chi connectivity index (χ4v) is 3.72. The minimum absolute atomic E-state index is 0.0631. The van der Waals surface area contributed by atoms with Gasteiger partial charge in [-0.15, -0.1) is 0 Å². The van der Waals surface area contributed by atoms with Gasteiger partial charge in [0.1, 0.15) is 5.70 Å². The normalized spacial score (nSPS) is 14.0. The number of aryl methyl sites for hydroxylation is 1. The van der Waals surface area contributed by atoms with Gasteiger partial charge < -0.3 is 15.0 Å². The van der Waals surface area contributed by atoms with E-state index in [2.05, 4.69) is 10.6 Å². The number of fused-ring (bicyclic) bond motifs is 1. The van der Waals surface area contributed by atoms with Crippen molar-refractivity contribution in [1.82, 2.24) is 9.88 Å². The van der Waals surface area contributed by atoms with Crippen LogP contribution >= 0.6 is 23.2 Å². The Hall–Kier alpha value is -2.80. The Kier molecular flexibility index (Phi) is 5.32. The number of carbonyl (C=O) groups is 2. The zero-order valence-electron chi connectivity index (χ0n) is 15.2. The summed E-state index contributed by atoms with van der Waals surface area (Å²) in [5.41, 5.74) is 2.52. The van der Waals surface area contributed by atoms with E-state index in [-0.39, 0.29) is 17.9 Å². The van der Waals surface area contributed by atoms with E-state index in [4.69, 9.17) is 23.2 Å². The van der Waals surface area contributed by atoms with Gasteiger partial charge in [0.25, 0.3) is 11.8 Å². The summed E-state index contributed by atoms with van der Waals surface area (Å²) in [4.78, 5) is 25.1. The quantitative estimate of drug-likeness (QED) is 0.520. The number of imide groups is 1. The molecule has 0 bridgehead atoms. The van der Waals surface area contributed by atoms with Crippen LogP contribution in [0.15, 0.2) is 54.4 Å². The highest BCUT2D eigenvalue weighted by Gasteiger charge is 2.33. The number of hydrogen-bond acceptors (Lipinski definition) is 4. The van der Waals surface area contributed by atoms with Gasteiger partial charge in [0.15, 0.2) is 0 Å². The van der Waals surface area contributed by atoms with Crippen molar-refractivity contribution < 1.29 is 14.7 Å². The summed E-state index contributed by atoms with van der Waals surface area (Å²) in [6, 6.07) is 12.5. The highest BCUT2D eigenvalue weighted by atomic mass is 35.5. The molecule has 0 saturated heterocycles. The van der Waals surface area contributed by atoms with E-state index in [0.717, 1.165) is 10.9 Å². The molecule has 2 aromatic carbocycles. The molecular weight excluding hydrogens is 413 g/mol. The predicted octanol–water partition coefficient (Wildman–Crippen LogP) is 3.81. The predicted molar refractivity (Wildman–Crippen MR) is 114 cm³/mol. The van der Waals surface area contributed by atoms with E-state index in [1.165, 1.54) is 0 Å². The molecule has 3 N–H and O–H groups in total. The number of nitrogens with zero attached hydrogens (tertiary/aromatic N) is 1. The molecule has 0 aliphatic carbocycles. The molecule has 0 saturated carbocycles. The molecule has 1 aromatic heterocycles. The molecule has 148 valence electrons. The van der Waals surface area contributed by atoms with Crippen LogP contribution in [-0.2, 0) is 16.1 Å². The summed E-state index contributed by atoms with van der Waals surface area (Å²) in [6.45, 7) is 0.656. The van der Waals surface area contributed by atoms with E-state index in [1.54, 1.807) is 18.2 Å². The van der Waals surface area contributed by atoms with Gasteiger partial charge in [-0.3, -0.25) is 14.9 Å². The van der Waals surface area contributed by atoms with Crippen molar-refractivity contribution in [3.63, 3.8) is 0 Å². The first kappa shape index (κ1) is 19.5. The number of anilines is 1. The second-order valence-electron chi connectivity index (χ2n) is 6.62. The molecule has 0 radical (unpaired) electrons. The van der Waals surface area contributed by atoms with Crippen LogP contribution in [0.2, 0.25) is 10.0 Å². The van der Waals surface area contributed by atoms with Crippen molar-refractivity contribution in [1.29, 1.82) is 0 Å². The number of halogens is 2. The molecule has 6 nitrogen and oxygen atoms in total. The maximum atomic E-state index is 12.6. The Morgan fingerprint density at radius 2 is 1.83 bits per heavy atom. The number of benzene rings is 2. The molecule has 0 atom stereocenters. The van der Waals surface area contributed by atoms with Crippen LogP contribution < -0.4 is 10.6 Å². The topological polar surface area (TPSA) is 83.4 Å². The first-order chi connectivity index (χ1) is 14.0. The fraction of sp³-hybridized carbons (Fsp3) is 0.143. The highest BCUT2D eigenvalue weighted by Crippen LogP contribution is 2.33. The summed E-state index contributed by atoms with van der Waals surface area (Å²) in [5.74, 6) is -0.981. The molecule has 4 rings (SSSR count). The third kappa shape index (κ3) is 3.62. The molecule has 0 unspecified atom stereocenters. The molecule has 29 heavy (non-hydrogen) atoms. The standard InChI is InChI=1S/C21H17Cl2N3O3/c22-15-7-6-12(10-16(15)23)24-19-18(20(28)25-21(19)29)14-11-26(8-3-9-27)17-5-2-1-4-13(14)17/h1-2,4-7,10-11,27H,3,8-9H2,(H2,24,25,28,29). The monoisotopic (exact) mass is 429 g/mol. The minimum atomic E-state index is -0.511. The first-order valence-electron chi connectivity index (χ1n) is 9.00.